The van der Waals surface area contributed by atoms with E-state index in [0.717, 1.165) is 22.5 Å². The number of amides is 2. The molecule has 2 aromatic carbocycles. The van der Waals surface area contributed by atoms with Gasteiger partial charge in [0.05, 0.1) is 5.69 Å². The molecule has 6 heteroatoms. The number of benzene rings is 2. The van der Waals surface area contributed by atoms with Crippen LogP contribution in [0.4, 0.5) is 11.4 Å². The van der Waals surface area contributed by atoms with Crippen molar-refractivity contribution in [3.8, 4) is 0 Å². The molecule has 0 radical (unpaired) electrons. The molecule has 1 fully saturated rings. The summed E-state index contributed by atoms with van der Waals surface area (Å²) < 4.78 is 0. The molecule has 2 N–H and O–H groups in total. The third kappa shape index (κ3) is 4.70. The molecule has 3 rings (SSSR count). The Bertz CT molecular complexity index is 814. The minimum absolute atomic E-state index is 0.108. The molecule has 1 atom stereocenters. The topological polar surface area (TPSA) is 70.6 Å². The SMILES string of the molecule is Cc1ccc(N=C2NC(=O)[C@H](CC(=O)Nc3ccc(C)cc3)S2)cc1. The first-order chi connectivity index (χ1) is 12.0. The summed E-state index contributed by atoms with van der Waals surface area (Å²) in [5.41, 5.74) is 3.78. The van der Waals surface area contributed by atoms with Crippen LogP contribution in [-0.4, -0.2) is 22.2 Å². The molecule has 0 saturated carbocycles. The van der Waals surface area contributed by atoms with Crippen molar-refractivity contribution in [3.05, 3.63) is 59.7 Å². The fourth-order valence-electron chi connectivity index (χ4n) is 2.35. The molecule has 1 saturated heterocycles. The lowest BCUT2D eigenvalue weighted by molar-refractivity contribution is -0.122. The van der Waals surface area contributed by atoms with Crippen LogP contribution in [0.2, 0.25) is 0 Å². The van der Waals surface area contributed by atoms with Crippen LogP contribution in [0.3, 0.4) is 0 Å². The third-order valence-electron chi connectivity index (χ3n) is 3.75. The number of carbonyl (C=O) groups excluding carboxylic acids is 2. The molecule has 0 aliphatic carbocycles. The molecular weight excluding hydrogens is 334 g/mol. The Kier molecular flexibility index (Phi) is 5.19. The van der Waals surface area contributed by atoms with E-state index in [1.807, 2.05) is 62.4 Å². The van der Waals surface area contributed by atoms with Crippen LogP contribution in [0.1, 0.15) is 17.5 Å². The molecule has 0 aromatic heterocycles. The van der Waals surface area contributed by atoms with E-state index in [-0.39, 0.29) is 18.2 Å². The summed E-state index contributed by atoms with van der Waals surface area (Å²) in [5.74, 6) is -0.372. The normalized spacial score (nSPS) is 18.2. The summed E-state index contributed by atoms with van der Waals surface area (Å²) in [6.07, 6.45) is 0.108. The van der Waals surface area contributed by atoms with Crippen LogP contribution in [0, 0.1) is 13.8 Å². The first-order valence-corrected chi connectivity index (χ1v) is 8.87. The molecule has 2 amide bonds. The molecule has 0 bridgehead atoms. The highest BCUT2D eigenvalue weighted by atomic mass is 32.2. The smallest absolute Gasteiger partial charge is 0.240 e. The number of aliphatic imine (C=N–C) groups is 1. The van der Waals surface area contributed by atoms with Crippen LogP contribution < -0.4 is 10.6 Å². The van der Waals surface area contributed by atoms with E-state index in [0.29, 0.717) is 5.17 Å². The largest absolute Gasteiger partial charge is 0.326 e. The summed E-state index contributed by atoms with van der Waals surface area (Å²) in [4.78, 5) is 28.6. The summed E-state index contributed by atoms with van der Waals surface area (Å²) in [7, 11) is 0. The van der Waals surface area contributed by atoms with Crippen LogP contribution in [0.15, 0.2) is 53.5 Å². The Hall–Kier alpha value is -2.60. The highest BCUT2D eigenvalue weighted by molar-refractivity contribution is 8.15. The van der Waals surface area contributed by atoms with Crippen molar-refractivity contribution in [1.29, 1.82) is 0 Å². The van der Waals surface area contributed by atoms with E-state index >= 15 is 0 Å². The number of hydrogen-bond donors (Lipinski definition) is 2. The van der Waals surface area contributed by atoms with E-state index < -0.39 is 5.25 Å². The van der Waals surface area contributed by atoms with E-state index in [9.17, 15) is 9.59 Å². The van der Waals surface area contributed by atoms with Gasteiger partial charge in [0.1, 0.15) is 5.25 Å². The second-order valence-electron chi connectivity index (χ2n) is 5.97. The molecule has 5 nitrogen and oxygen atoms in total. The fourth-order valence-corrected chi connectivity index (χ4v) is 3.33. The minimum Gasteiger partial charge on any atom is -0.326 e. The molecule has 1 heterocycles. The highest BCUT2D eigenvalue weighted by Crippen LogP contribution is 2.25. The maximum atomic E-state index is 12.2. The highest BCUT2D eigenvalue weighted by Gasteiger charge is 2.32. The number of nitrogens with one attached hydrogen (secondary N) is 2. The van der Waals surface area contributed by atoms with E-state index in [4.69, 9.17) is 0 Å². The van der Waals surface area contributed by atoms with Crippen molar-refractivity contribution < 1.29 is 9.59 Å². The predicted octanol–water partition coefficient (Wildman–Crippen LogP) is 3.55. The van der Waals surface area contributed by atoms with Gasteiger partial charge in [-0.25, -0.2) is 4.99 Å². The van der Waals surface area contributed by atoms with Gasteiger partial charge in [0.2, 0.25) is 11.8 Å². The monoisotopic (exact) mass is 353 g/mol. The number of aryl methyl sites for hydroxylation is 2. The van der Waals surface area contributed by atoms with Crippen LogP contribution in [0.25, 0.3) is 0 Å². The molecule has 0 unspecified atom stereocenters. The summed E-state index contributed by atoms with van der Waals surface area (Å²) in [5, 5.41) is 5.62. The molecular formula is C19H19N3O2S. The molecule has 1 aliphatic rings. The summed E-state index contributed by atoms with van der Waals surface area (Å²) in [6.45, 7) is 3.99. The molecule has 1 aliphatic heterocycles. The second kappa shape index (κ2) is 7.53. The number of nitrogens with zero attached hydrogens (tertiary/aromatic N) is 1. The van der Waals surface area contributed by atoms with Crippen LogP contribution in [-0.2, 0) is 9.59 Å². The number of carbonyl (C=O) groups is 2. The molecule has 2 aromatic rings. The Morgan fingerprint density at radius 3 is 2.32 bits per heavy atom. The Labute approximate surface area is 150 Å². The lowest BCUT2D eigenvalue weighted by Gasteiger charge is -2.07. The van der Waals surface area contributed by atoms with Crippen molar-refractivity contribution >= 4 is 40.1 Å². The standard InChI is InChI=1S/C19H19N3O2S/c1-12-3-7-14(8-4-12)20-17(23)11-16-18(24)22-19(25-16)21-15-9-5-13(2)6-10-15/h3-10,16H,11H2,1-2H3,(H,20,23)(H,21,22,24)/t16-/m0/s1. The van der Waals surface area contributed by atoms with Gasteiger partial charge in [-0.3, -0.25) is 9.59 Å². The Morgan fingerprint density at radius 1 is 1.08 bits per heavy atom. The van der Waals surface area contributed by atoms with Gasteiger partial charge < -0.3 is 10.6 Å². The number of thioether (sulfide) groups is 1. The fraction of sp³-hybridized carbons (Fsp3) is 0.211. The zero-order chi connectivity index (χ0) is 17.8. The molecule has 128 valence electrons. The predicted molar refractivity (Wildman–Crippen MR) is 102 cm³/mol. The zero-order valence-corrected chi connectivity index (χ0v) is 14.9. The van der Waals surface area contributed by atoms with Gasteiger partial charge in [-0.15, -0.1) is 0 Å². The Balaban J connectivity index is 1.59. The van der Waals surface area contributed by atoms with Crippen molar-refractivity contribution in [2.75, 3.05) is 5.32 Å². The first kappa shape index (κ1) is 17.2. The van der Waals surface area contributed by atoms with Crippen LogP contribution in [0.5, 0.6) is 0 Å². The summed E-state index contributed by atoms with van der Waals surface area (Å²) >= 11 is 1.29. The van der Waals surface area contributed by atoms with E-state index in [1.54, 1.807) is 0 Å². The minimum atomic E-state index is -0.463. The zero-order valence-electron chi connectivity index (χ0n) is 14.1. The Morgan fingerprint density at radius 2 is 1.68 bits per heavy atom. The maximum Gasteiger partial charge on any atom is 0.240 e. The quantitative estimate of drug-likeness (QED) is 0.883. The maximum absolute atomic E-state index is 12.2. The van der Waals surface area contributed by atoms with Gasteiger partial charge in [0.25, 0.3) is 0 Å². The van der Waals surface area contributed by atoms with Crippen molar-refractivity contribution in [3.63, 3.8) is 0 Å². The number of rotatable bonds is 4. The van der Waals surface area contributed by atoms with Crippen molar-refractivity contribution in [1.82, 2.24) is 5.32 Å². The van der Waals surface area contributed by atoms with Gasteiger partial charge >= 0.3 is 0 Å². The molecule has 0 spiro atoms. The lowest BCUT2D eigenvalue weighted by Crippen LogP contribution is -2.28. The van der Waals surface area contributed by atoms with Gasteiger partial charge in [0, 0.05) is 12.1 Å². The molecule has 25 heavy (non-hydrogen) atoms. The van der Waals surface area contributed by atoms with Crippen molar-refractivity contribution in [2.45, 2.75) is 25.5 Å². The number of hydrogen-bond acceptors (Lipinski definition) is 4. The average molecular weight is 353 g/mol. The second-order valence-corrected chi connectivity index (χ2v) is 7.16. The lowest BCUT2D eigenvalue weighted by atomic mass is 10.2. The van der Waals surface area contributed by atoms with Gasteiger partial charge in [-0.2, -0.15) is 0 Å². The first-order valence-electron chi connectivity index (χ1n) is 7.99. The van der Waals surface area contributed by atoms with Crippen LogP contribution >= 0.6 is 11.8 Å². The average Bonchev–Trinajstić information content (AvgIpc) is 2.91. The third-order valence-corrected chi connectivity index (χ3v) is 4.83. The van der Waals surface area contributed by atoms with Gasteiger partial charge in [0.15, 0.2) is 5.17 Å². The van der Waals surface area contributed by atoms with Gasteiger partial charge in [-0.1, -0.05) is 47.2 Å². The number of anilines is 1. The van der Waals surface area contributed by atoms with E-state index in [1.165, 1.54) is 11.8 Å². The van der Waals surface area contributed by atoms with E-state index in [2.05, 4.69) is 15.6 Å². The number of amidine groups is 1. The van der Waals surface area contributed by atoms with Crippen molar-refractivity contribution in [2.24, 2.45) is 4.99 Å². The van der Waals surface area contributed by atoms with Gasteiger partial charge in [-0.05, 0) is 38.1 Å². The summed E-state index contributed by atoms with van der Waals surface area (Å²) in [6, 6.07) is 15.3.